The van der Waals surface area contributed by atoms with Crippen LogP contribution in [0.5, 0.6) is 0 Å². The van der Waals surface area contributed by atoms with Gasteiger partial charge in [0.25, 0.3) is 0 Å². The van der Waals surface area contributed by atoms with Gasteiger partial charge in [0.1, 0.15) is 11.8 Å². The first-order valence-electron chi connectivity index (χ1n) is 7.10. The lowest BCUT2D eigenvalue weighted by molar-refractivity contribution is -0.116. The van der Waals surface area contributed by atoms with E-state index in [-0.39, 0.29) is 11.3 Å². The maximum absolute atomic E-state index is 12.3. The van der Waals surface area contributed by atoms with Gasteiger partial charge >= 0.3 is 0 Å². The highest BCUT2D eigenvalue weighted by Crippen LogP contribution is 2.13. The minimum Gasteiger partial charge on any atom is -0.463 e. The highest BCUT2D eigenvalue weighted by molar-refractivity contribution is 5.92. The van der Waals surface area contributed by atoms with Crippen LogP contribution in [0, 0.1) is 6.92 Å². The van der Waals surface area contributed by atoms with Crippen LogP contribution in [0.4, 0.5) is 0 Å². The molecule has 110 valence electrons. The van der Waals surface area contributed by atoms with Crippen molar-refractivity contribution in [3.05, 3.63) is 51.9 Å². The molecule has 1 aromatic carbocycles. The molecule has 0 aliphatic carbocycles. The molecule has 0 saturated carbocycles. The van der Waals surface area contributed by atoms with Gasteiger partial charge in [0.15, 0.2) is 5.43 Å². The van der Waals surface area contributed by atoms with Crippen molar-refractivity contribution in [3.8, 4) is 0 Å². The van der Waals surface area contributed by atoms with Gasteiger partial charge in [0.2, 0.25) is 5.91 Å². The quantitative estimate of drug-likeness (QED) is 0.678. The molecule has 2 rings (SSSR count). The summed E-state index contributed by atoms with van der Waals surface area (Å²) in [5.41, 5.74) is 1.79. The molecule has 0 atom stereocenters. The van der Waals surface area contributed by atoms with Crippen LogP contribution >= 0.6 is 0 Å². The molecule has 0 fully saturated rings. The van der Waals surface area contributed by atoms with Gasteiger partial charge in [0, 0.05) is 12.6 Å². The predicted molar refractivity (Wildman–Crippen MR) is 84.2 cm³/mol. The fourth-order valence-electron chi connectivity index (χ4n) is 1.99. The lowest BCUT2D eigenvalue weighted by Crippen LogP contribution is -2.21. The molecule has 1 heterocycles. The third-order valence-corrected chi connectivity index (χ3v) is 3.20. The summed E-state index contributed by atoms with van der Waals surface area (Å²) in [5.74, 6) is -0.202. The molecule has 0 aliphatic rings. The van der Waals surface area contributed by atoms with Gasteiger partial charge in [-0.3, -0.25) is 9.59 Å². The van der Waals surface area contributed by atoms with Gasteiger partial charge in [0.05, 0.1) is 10.9 Å². The SMILES string of the molecule is CCCCNC(=O)/C=C/c1coc2ccc(C)cc2c1=O. The number of benzene rings is 1. The van der Waals surface area contributed by atoms with E-state index in [1.807, 2.05) is 13.0 Å². The third kappa shape index (κ3) is 3.81. The van der Waals surface area contributed by atoms with Crippen LogP contribution in [-0.4, -0.2) is 12.5 Å². The molecule has 1 amide bonds. The van der Waals surface area contributed by atoms with E-state index in [0.717, 1.165) is 18.4 Å². The van der Waals surface area contributed by atoms with E-state index in [2.05, 4.69) is 12.2 Å². The van der Waals surface area contributed by atoms with Crippen LogP contribution in [0.25, 0.3) is 17.0 Å². The molecular weight excluding hydrogens is 266 g/mol. The van der Waals surface area contributed by atoms with Crippen LogP contribution in [0.2, 0.25) is 0 Å². The van der Waals surface area contributed by atoms with E-state index >= 15 is 0 Å². The molecule has 4 heteroatoms. The molecule has 0 aliphatic heterocycles. The standard InChI is InChI=1S/C17H19NO3/c1-3-4-9-18-16(19)8-6-13-11-21-15-7-5-12(2)10-14(15)17(13)20/h5-8,10-11H,3-4,9H2,1-2H3,(H,18,19)/b8-6+. The number of hydrogen-bond acceptors (Lipinski definition) is 3. The zero-order valence-corrected chi connectivity index (χ0v) is 12.3. The van der Waals surface area contributed by atoms with Crippen LogP contribution in [0.15, 0.2) is 39.7 Å². The zero-order chi connectivity index (χ0) is 15.2. The Labute approximate surface area is 123 Å². The number of unbranched alkanes of at least 4 members (excludes halogenated alkanes) is 1. The van der Waals surface area contributed by atoms with Crippen molar-refractivity contribution in [2.24, 2.45) is 0 Å². The molecule has 1 aromatic heterocycles. The van der Waals surface area contributed by atoms with Gasteiger partial charge in [-0.15, -0.1) is 0 Å². The molecule has 1 N–H and O–H groups in total. The number of rotatable bonds is 5. The second-order valence-corrected chi connectivity index (χ2v) is 5.00. The number of carbonyl (C=O) groups excluding carboxylic acids is 1. The van der Waals surface area contributed by atoms with E-state index in [4.69, 9.17) is 4.42 Å². The van der Waals surface area contributed by atoms with E-state index in [1.54, 1.807) is 12.1 Å². The minimum atomic E-state index is -0.202. The largest absolute Gasteiger partial charge is 0.463 e. The third-order valence-electron chi connectivity index (χ3n) is 3.20. The number of aryl methyl sites for hydroxylation is 1. The van der Waals surface area contributed by atoms with E-state index in [9.17, 15) is 9.59 Å². The molecule has 0 spiro atoms. The van der Waals surface area contributed by atoms with Gasteiger partial charge in [-0.1, -0.05) is 25.0 Å². The van der Waals surface area contributed by atoms with Crippen molar-refractivity contribution in [1.82, 2.24) is 5.32 Å². The van der Waals surface area contributed by atoms with Gasteiger partial charge in [-0.25, -0.2) is 0 Å². The predicted octanol–water partition coefficient (Wildman–Crippen LogP) is 3.03. The van der Waals surface area contributed by atoms with E-state index < -0.39 is 0 Å². The first-order chi connectivity index (χ1) is 10.1. The summed E-state index contributed by atoms with van der Waals surface area (Å²) in [6, 6.07) is 5.46. The topological polar surface area (TPSA) is 59.3 Å². The summed E-state index contributed by atoms with van der Waals surface area (Å²) in [4.78, 5) is 23.9. The van der Waals surface area contributed by atoms with Crippen LogP contribution in [-0.2, 0) is 4.79 Å². The summed E-state index contributed by atoms with van der Waals surface area (Å²) < 4.78 is 5.43. The Morgan fingerprint density at radius 1 is 1.38 bits per heavy atom. The van der Waals surface area contributed by atoms with Crippen molar-refractivity contribution in [2.45, 2.75) is 26.7 Å². The Morgan fingerprint density at radius 3 is 2.95 bits per heavy atom. The number of nitrogens with one attached hydrogen (secondary N) is 1. The minimum absolute atomic E-state index is 0.127. The lowest BCUT2D eigenvalue weighted by atomic mass is 10.1. The van der Waals surface area contributed by atoms with E-state index in [0.29, 0.717) is 23.1 Å². The summed E-state index contributed by atoms with van der Waals surface area (Å²) in [6.45, 7) is 4.62. The Kier molecular flexibility index (Phi) is 4.93. The summed E-state index contributed by atoms with van der Waals surface area (Å²) in [6.07, 6.45) is 6.21. The van der Waals surface area contributed by atoms with Crippen molar-refractivity contribution >= 4 is 23.0 Å². The maximum Gasteiger partial charge on any atom is 0.244 e. The second-order valence-electron chi connectivity index (χ2n) is 5.00. The second kappa shape index (κ2) is 6.88. The highest BCUT2D eigenvalue weighted by atomic mass is 16.3. The normalized spacial score (nSPS) is 11.1. The number of hydrogen-bond donors (Lipinski definition) is 1. The Morgan fingerprint density at radius 2 is 2.19 bits per heavy atom. The first kappa shape index (κ1) is 15.0. The first-order valence-corrected chi connectivity index (χ1v) is 7.10. The molecule has 0 saturated heterocycles. The van der Waals surface area contributed by atoms with Crippen molar-refractivity contribution in [3.63, 3.8) is 0 Å². The molecule has 4 nitrogen and oxygen atoms in total. The average molecular weight is 285 g/mol. The Hall–Kier alpha value is -2.36. The molecule has 0 bridgehead atoms. The summed E-state index contributed by atoms with van der Waals surface area (Å²) in [5, 5.41) is 3.29. The average Bonchev–Trinajstić information content (AvgIpc) is 2.47. The summed E-state index contributed by atoms with van der Waals surface area (Å²) >= 11 is 0. The highest BCUT2D eigenvalue weighted by Gasteiger charge is 2.05. The van der Waals surface area contributed by atoms with Gasteiger partial charge in [-0.05, 0) is 31.6 Å². The fourth-order valence-corrected chi connectivity index (χ4v) is 1.99. The van der Waals surface area contributed by atoms with Crippen LogP contribution in [0.3, 0.4) is 0 Å². The van der Waals surface area contributed by atoms with Gasteiger partial charge < -0.3 is 9.73 Å². The van der Waals surface area contributed by atoms with E-state index in [1.165, 1.54) is 18.4 Å². The van der Waals surface area contributed by atoms with Crippen LogP contribution < -0.4 is 10.7 Å². The van der Waals surface area contributed by atoms with Crippen molar-refractivity contribution in [1.29, 1.82) is 0 Å². The van der Waals surface area contributed by atoms with Gasteiger partial charge in [-0.2, -0.15) is 0 Å². The zero-order valence-electron chi connectivity index (χ0n) is 12.3. The smallest absolute Gasteiger partial charge is 0.244 e. The number of fused-ring (bicyclic) bond motifs is 1. The Balaban J connectivity index is 2.21. The number of amides is 1. The fraction of sp³-hybridized carbons (Fsp3) is 0.294. The van der Waals surface area contributed by atoms with Crippen LogP contribution in [0.1, 0.15) is 30.9 Å². The number of carbonyl (C=O) groups is 1. The molecular formula is C17H19NO3. The maximum atomic E-state index is 12.3. The Bertz CT molecular complexity index is 728. The van der Waals surface area contributed by atoms with Crippen molar-refractivity contribution < 1.29 is 9.21 Å². The molecule has 21 heavy (non-hydrogen) atoms. The summed E-state index contributed by atoms with van der Waals surface area (Å²) in [7, 11) is 0. The monoisotopic (exact) mass is 285 g/mol. The molecule has 2 aromatic rings. The molecule has 0 unspecified atom stereocenters. The van der Waals surface area contributed by atoms with Crippen molar-refractivity contribution in [2.75, 3.05) is 6.54 Å². The lowest BCUT2D eigenvalue weighted by Gasteiger charge is -2.01. The molecule has 0 radical (unpaired) electrons.